The molecule has 2 bridgehead atoms. The largest absolute Gasteiger partial charge is 0.442 e. The van der Waals surface area contributed by atoms with Gasteiger partial charge in [-0.05, 0) is 68.8 Å². The maximum absolute atomic E-state index is 12.3. The van der Waals surface area contributed by atoms with Crippen molar-refractivity contribution >= 4 is 6.09 Å². The molecule has 0 unspecified atom stereocenters. The molecule has 1 amide bonds. The number of carbonyl (C=O) groups excluding carboxylic acids is 1. The van der Waals surface area contributed by atoms with E-state index in [1.54, 1.807) is 0 Å². The molecular formula is C25H41NO4. The van der Waals surface area contributed by atoms with Gasteiger partial charge in [0.15, 0.2) is 0 Å². The zero-order valence-electron chi connectivity index (χ0n) is 19.3. The van der Waals surface area contributed by atoms with Crippen molar-refractivity contribution in [3.8, 4) is 0 Å². The summed E-state index contributed by atoms with van der Waals surface area (Å²) >= 11 is 0. The van der Waals surface area contributed by atoms with Crippen molar-refractivity contribution in [1.29, 1.82) is 0 Å². The first-order valence-electron chi connectivity index (χ1n) is 11.8. The van der Waals surface area contributed by atoms with E-state index in [4.69, 9.17) is 9.47 Å². The lowest BCUT2D eigenvalue weighted by Gasteiger charge is -2.44. The number of ether oxygens (including phenoxy) is 2. The summed E-state index contributed by atoms with van der Waals surface area (Å²) in [6.45, 7) is 17.8. The molecule has 30 heavy (non-hydrogen) atoms. The Morgan fingerprint density at radius 3 is 2.73 bits per heavy atom. The molecule has 0 radical (unpaired) electrons. The Bertz CT molecular complexity index is 656. The van der Waals surface area contributed by atoms with Crippen LogP contribution in [0.15, 0.2) is 24.3 Å². The van der Waals surface area contributed by atoms with E-state index in [1.165, 1.54) is 5.57 Å². The van der Waals surface area contributed by atoms with Crippen molar-refractivity contribution in [2.75, 3.05) is 6.54 Å². The SMILES string of the molecule is C=C1CC[C@H](C(C)C)[C@@H]2[C@H]1[C@H]1CC(=C)[C@@H](OC(=O)NCCCC)CC[C@@](C)(O)[C@@H]2O1. The normalized spacial score (nSPS) is 39.1. The first-order chi connectivity index (χ1) is 14.2. The summed E-state index contributed by atoms with van der Waals surface area (Å²) in [6, 6.07) is 0. The van der Waals surface area contributed by atoms with Crippen molar-refractivity contribution in [3.63, 3.8) is 0 Å². The highest BCUT2D eigenvalue weighted by Gasteiger charge is 2.57. The van der Waals surface area contributed by atoms with Crippen LogP contribution in [-0.4, -0.2) is 41.7 Å². The number of alkyl carbamates (subject to hydrolysis) is 1. The molecule has 5 nitrogen and oxygen atoms in total. The molecule has 1 saturated carbocycles. The number of carbonyl (C=O) groups is 1. The lowest BCUT2D eigenvalue weighted by atomic mass is 9.61. The van der Waals surface area contributed by atoms with Gasteiger partial charge in [0.2, 0.25) is 0 Å². The Morgan fingerprint density at radius 1 is 1.33 bits per heavy atom. The number of amides is 1. The molecule has 3 fully saturated rings. The molecule has 7 atom stereocenters. The van der Waals surface area contributed by atoms with Gasteiger partial charge in [0.05, 0.1) is 17.8 Å². The summed E-state index contributed by atoms with van der Waals surface area (Å²) in [6.07, 6.45) is 4.71. The van der Waals surface area contributed by atoms with Gasteiger partial charge >= 0.3 is 6.09 Å². The molecule has 3 rings (SSSR count). The third kappa shape index (κ3) is 4.77. The topological polar surface area (TPSA) is 67.8 Å². The average Bonchev–Trinajstić information content (AvgIpc) is 3.06. The minimum atomic E-state index is -0.979. The Labute approximate surface area is 182 Å². The maximum atomic E-state index is 12.3. The van der Waals surface area contributed by atoms with Crippen LogP contribution >= 0.6 is 0 Å². The van der Waals surface area contributed by atoms with E-state index >= 15 is 0 Å². The number of nitrogens with one attached hydrogen (secondary N) is 1. The first-order valence-corrected chi connectivity index (χ1v) is 11.8. The summed E-state index contributed by atoms with van der Waals surface area (Å²) in [4.78, 5) is 12.3. The minimum absolute atomic E-state index is 0.0552. The summed E-state index contributed by atoms with van der Waals surface area (Å²) in [7, 11) is 0. The van der Waals surface area contributed by atoms with Crippen molar-refractivity contribution in [1.82, 2.24) is 5.32 Å². The highest BCUT2D eigenvalue weighted by molar-refractivity contribution is 5.67. The molecule has 2 heterocycles. The fourth-order valence-electron chi connectivity index (χ4n) is 5.89. The quantitative estimate of drug-likeness (QED) is 0.486. The Morgan fingerprint density at radius 2 is 2.07 bits per heavy atom. The minimum Gasteiger partial charge on any atom is -0.442 e. The van der Waals surface area contributed by atoms with Crippen LogP contribution in [0.2, 0.25) is 0 Å². The second-order valence-electron chi connectivity index (χ2n) is 10.2. The Hall–Kier alpha value is -1.33. The van der Waals surface area contributed by atoms with Gasteiger partial charge in [0, 0.05) is 12.5 Å². The molecule has 0 aromatic heterocycles. The van der Waals surface area contributed by atoms with Crippen LogP contribution in [0.4, 0.5) is 4.79 Å². The molecule has 3 aliphatic rings. The molecule has 2 N–H and O–H groups in total. The first kappa shape index (κ1) is 23.3. The van der Waals surface area contributed by atoms with Gasteiger partial charge in [0.25, 0.3) is 0 Å². The Kier molecular flexibility index (Phi) is 7.34. The lowest BCUT2D eigenvalue weighted by Crippen LogP contribution is -2.48. The number of hydrogen-bond donors (Lipinski definition) is 2. The van der Waals surface area contributed by atoms with Crippen molar-refractivity contribution in [2.24, 2.45) is 23.7 Å². The molecule has 5 heteroatoms. The van der Waals surface area contributed by atoms with Gasteiger partial charge in [-0.3, -0.25) is 0 Å². The summed E-state index contributed by atoms with van der Waals surface area (Å²) < 4.78 is 12.3. The summed E-state index contributed by atoms with van der Waals surface area (Å²) in [5.74, 6) is 1.58. The average molecular weight is 420 g/mol. The molecule has 170 valence electrons. The highest BCUT2D eigenvalue weighted by Crippen LogP contribution is 2.54. The standard InChI is InChI=1S/C25H41NO4/c1-7-8-13-26-24(27)30-19-11-12-25(6,28)23-22-18(15(2)3)10-9-16(4)21(22)20(29-23)14-17(19)5/h15,18-23,28H,4-5,7-14H2,1-3,6H3,(H,26,27)/t18-,19+,20-,21-,22-,23-,25-/m1/s1. The predicted molar refractivity (Wildman–Crippen MR) is 119 cm³/mol. The Balaban J connectivity index is 1.80. The van der Waals surface area contributed by atoms with Gasteiger partial charge in [-0.15, -0.1) is 0 Å². The van der Waals surface area contributed by atoms with Crippen molar-refractivity contribution in [2.45, 2.75) is 96.6 Å². The van der Waals surface area contributed by atoms with Crippen LogP contribution in [0.5, 0.6) is 0 Å². The molecule has 1 aliphatic carbocycles. The zero-order chi connectivity index (χ0) is 22.1. The van der Waals surface area contributed by atoms with Crippen LogP contribution in [0.25, 0.3) is 0 Å². The van der Waals surface area contributed by atoms with E-state index < -0.39 is 17.8 Å². The fraction of sp³-hybridized carbons (Fsp3) is 0.800. The number of aliphatic hydroxyl groups is 1. The van der Waals surface area contributed by atoms with E-state index in [9.17, 15) is 9.90 Å². The molecular weight excluding hydrogens is 378 g/mol. The van der Waals surface area contributed by atoms with Crippen LogP contribution in [0.1, 0.15) is 72.6 Å². The third-order valence-electron chi connectivity index (χ3n) is 7.60. The number of rotatable bonds is 5. The van der Waals surface area contributed by atoms with Crippen molar-refractivity contribution < 1.29 is 19.4 Å². The van der Waals surface area contributed by atoms with Gasteiger partial charge in [0.1, 0.15) is 6.10 Å². The summed E-state index contributed by atoms with van der Waals surface area (Å²) in [5.41, 5.74) is 1.14. The highest BCUT2D eigenvalue weighted by atomic mass is 16.6. The number of unbranched alkanes of at least 4 members (excludes halogenated alkanes) is 1. The second kappa shape index (κ2) is 9.44. The molecule has 0 spiro atoms. The molecule has 2 aliphatic heterocycles. The van der Waals surface area contributed by atoms with E-state index in [2.05, 4.69) is 39.2 Å². The number of fused-ring (bicyclic) bond motifs is 5. The lowest BCUT2D eigenvalue weighted by molar-refractivity contribution is -0.117. The van der Waals surface area contributed by atoms with Gasteiger partial charge in [-0.25, -0.2) is 4.79 Å². The smallest absolute Gasteiger partial charge is 0.407 e. The monoisotopic (exact) mass is 419 g/mol. The molecule has 0 aromatic carbocycles. The number of hydrogen-bond acceptors (Lipinski definition) is 4. The fourth-order valence-corrected chi connectivity index (χ4v) is 5.89. The van der Waals surface area contributed by atoms with Crippen molar-refractivity contribution in [3.05, 3.63) is 24.3 Å². The van der Waals surface area contributed by atoms with Gasteiger partial charge in [-0.2, -0.15) is 0 Å². The van der Waals surface area contributed by atoms with Crippen LogP contribution < -0.4 is 5.32 Å². The van der Waals surface area contributed by atoms with E-state index in [1.807, 2.05) is 6.92 Å². The third-order valence-corrected chi connectivity index (χ3v) is 7.60. The van der Waals surface area contributed by atoms with Gasteiger partial charge in [-0.1, -0.05) is 45.9 Å². The summed E-state index contributed by atoms with van der Waals surface area (Å²) in [5, 5.41) is 14.3. The molecule has 0 aromatic rings. The van der Waals surface area contributed by atoms with Crippen LogP contribution in [0, 0.1) is 23.7 Å². The van der Waals surface area contributed by atoms with Gasteiger partial charge < -0.3 is 19.9 Å². The van der Waals surface area contributed by atoms with Crippen LogP contribution in [0.3, 0.4) is 0 Å². The zero-order valence-corrected chi connectivity index (χ0v) is 19.3. The van der Waals surface area contributed by atoms with E-state index in [-0.39, 0.29) is 24.0 Å². The molecule has 2 saturated heterocycles. The van der Waals surface area contributed by atoms with E-state index in [0.29, 0.717) is 37.6 Å². The second-order valence-corrected chi connectivity index (χ2v) is 10.2. The van der Waals surface area contributed by atoms with Crippen LogP contribution in [-0.2, 0) is 9.47 Å². The van der Waals surface area contributed by atoms with E-state index in [0.717, 1.165) is 31.3 Å². The maximum Gasteiger partial charge on any atom is 0.407 e. The predicted octanol–water partition coefficient (Wildman–Crippen LogP) is 4.99.